The lowest BCUT2D eigenvalue weighted by Gasteiger charge is -2.09. The number of benzene rings is 2. The van der Waals surface area contributed by atoms with Crippen molar-refractivity contribution in [3.63, 3.8) is 0 Å². The summed E-state index contributed by atoms with van der Waals surface area (Å²) < 4.78 is 0. The van der Waals surface area contributed by atoms with E-state index in [1.807, 2.05) is 11.8 Å². The van der Waals surface area contributed by atoms with Gasteiger partial charge < -0.3 is 0 Å². The lowest BCUT2D eigenvalue weighted by molar-refractivity contribution is 1.25. The van der Waals surface area contributed by atoms with E-state index in [1.54, 1.807) is 0 Å². The van der Waals surface area contributed by atoms with Crippen molar-refractivity contribution in [1.29, 1.82) is 0 Å². The minimum absolute atomic E-state index is 0.473. The quantitative estimate of drug-likeness (QED) is 0.683. The van der Waals surface area contributed by atoms with Crippen molar-refractivity contribution < 1.29 is 0 Å². The Balaban J connectivity index is 1.78. The fraction of sp³-hybridized carbons (Fsp3) is 0.0588. The van der Waals surface area contributed by atoms with Crippen LogP contribution in [0.1, 0.15) is 10.8 Å². The second-order valence-corrected chi connectivity index (χ2v) is 5.84. The average molecular weight is 248 g/mol. The fourth-order valence-corrected chi connectivity index (χ4v) is 3.75. The van der Waals surface area contributed by atoms with E-state index in [4.69, 9.17) is 0 Å². The van der Waals surface area contributed by atoms with E-state index in [0.29, 0.717) is 5.25 Å². The number of allylic oxidation sites excluding steroid dienone is 4. The van der Waals surface area contributed by atoms with Gasteiger partial charge in [0.15, 0.2) is 0 Å². The van der Waals surface area contributed by atoms with Gasteiger partial charge in [-0.15, -0.1) is 11.8 Å². The summed E-state index contributed by atoms with van der Waals surface area (Å²) in [5.74, 6) is 0. The highest BCUT2D eigenvalue weighted by atomic mass is 32.2. The Morgan fingerprint density at radius 3 is 2.72 bits per heavy atom. The average Bonchev–Trinajstić information content (AvgIpc) is 2.99. The molecule has 0 amide bonds. The number of fused-ring (bicyclic) bond motifs is 2. The third kappa shape index (κ3) is 1.55. The van der Waals surface area contributed by atoms with Gasteiger partial charge in [0.05, 0.1) is 5.25 Å². The molecule has 0 saturated heterocycles. The topological polar surface area (TPSA) is 0 Å². The number of hydrogen-bond acceptors (Lipinski definition) is 1. The molecule has 1 aliphatic heterocycles. The molecule has 1 heterocycles. The molecule has 1 heteroatoms. The molecule has 0 fully saturated rings. The molecule has 1 unspecified atom stereocenters. The van der Waals surface area contributed by atoms with Crippen molar-refractivity contribution in [3.05, 3.63) is 82.8 Å². The molecular formula is C17H12S. The van der Waals surface area contributed by atoms with E-state index in [9.17, 15) is 0 Å². The van der Waals surface area contributed by atoms with Crippen LogP contribution in [0.2, 0.25) is 0 Å². The van der Waals surface area contributed by atoms with E-state index in [0.717, 1.165) is 0 Å². The molecule has 2 aromatic carbocycles. The maximum Gasteiger partial charge on any atom is 0.0534 e. The molecule has 0 bridgehead atoms. The lowest BCUT2D eigenvalue weighted by atomic mass is 10.0. The summed E-state index contributed by atoms with van der Waals surface area (Å²) in [6.07, 6.45) is 8.90. The van der Waals surface area contributed by atoms with E-state index in [2.05, 4.69) is 66.8 Å². The number of thioether (sulfide) groups is 1. The van der Waals surface area contributed by atoms with Crippen molar-refractivity contribution in [2.45, 2.75) is 5.25 Å². The van der Waals surface area contributed by atoms with Crippen LogP contribution in [0.25, 0.3) is 10.8 Å². The van der Waals surface area contributed by atoms with E-state index in [-0.39, 0.29) is 0 Å². The Morgan fingerprint density at radius 2 is 1.83 bits per heavy atom. The maximum atomic E-state index is 2.37. The molecule has 0 radical (unpaired) electrons. The molecule has 4 rings (SSSR count). The molecule has 0 nitrogen and oxygen atoms in total. The van der Waals surface area contributed by atoms with Gasteiger partial charge in [-0.2, -0.15) is 0 Å². The van der Waals surface area contributed by atoms with E-state index < -0.39 is 0 Å². The highest BCUT2D eigenvalue weighted by Crippen LogP contribution is 2.48. The van der Waals surface area contributed by atoms with Crippen molar-refractivity contribution in [3.8, 4) is 0 Å². The van der Waals surface area contributed by atoms with Gasteiger partial charge in [-0.1, -0.05) is 54.6 Å². The Hall–Kier alpha value is -1.73. The molecule has 0 spiro atoms. The summed E-state index contributed by atoms with van der Waals surface area (Å²) in [5, 5.41) is 3.12. The third-order valence-electron chi connectivity index (χ3n) is 3.49. The van der Waals surface area contributed by atoms with Crippen molar-refractivity contribution in [2.75, 3.05) is 0 Å². The second-order valence-electron chi connectivity index (χ2n) is 4.66. The van der Waals surface area contributed by atoms with Gasteiger partial charge in [0.2, 0.25) is 0 Å². The smallest absolute Gasteiger partial charge is 0.0534 e. The molecule has 0 aromatic heterocycles. The van der Waals surface area contributed by atoms with Gasteiger partial charge in [-0.05, 0) is 34.1 Å². The molecular weight excluding hydrogens is 236 g/mol. The monoisotopic (exact) mass is 248 g/mol. The molecule has 2 aromatic rings. The van der Waals surface area contributed by atoms with Crippen molar-refractivity contribution in [1.82, 2.24) is 0 Å². The Morgan fingerprint density at radius 1 is 0.944 bits per heavy atom. The Labute approximate surface area is 111 Å². The molecule has 86 valence electrons. The Kier molecular flexibility index (Phi) is 2.21. The highest BCUT2D eigenvalue weighted by Gasteiger charge is 2.23. The molecule has 0 saturated carbocycles. The van der Waals surface area contributed by atoms with E-state index >= 15 is 0 Å². The van der Waals surface area contributed by atoms with E-state index in [1.165, 1.54) is 26.8 Å². The summed E-state index contributed by atoms with van der Waals surface area (Å²) in [6.45, 7) is 0. The lowest BCUT2D eigenvalue weighted by Crippen LogP contribution is -1.86. The Bertz CT molecular complexity index is 719. The standard InChI is InChI=1S/C17H12S/c1-2-5-13-10-15(9-8-12(13)4-1)17-11-14-6-3-7-16(14)18-17/h1-11,17H. The normalized spacial score (nSPS) is 21.0. The van der Waals surface area contributed by atoms with Gasteiger partial charge in [0, 0.05) is 4.91 Å². The molecule has 18 heavy (non-hydrogen) atoms. The molecule has 2 aliphatic rings. The van der Waals surface area contributed by atoms with Gasteiger partial charge in [-0.3, -0.25) is 0 Å². The first-order valence-corrected chi connectivity index (χ1v) is 7.04. The minimum Gasteiger partial charge on any atom is -0.113 e. The van der Waals surface area contributed by atoms with Crippen LogP contribution >= 0.6 is 11.8 Å². The van der Waals surface area contributed by atoms with Gasteiger partial charge >= 0.3 is 0 Å². The summed E-state index contributed by atoms with van der Waals surface area (Å²) in [4.78, 5) is 1.41. The minimum atomic E-state index is 0.473. The fourth-order valence-electron chi connectivity index (χ4n) is 2.55. The highest BCUT2D eigenvalue weighted by molar-refractivity contribution is 8.04. The zero-order chi connectivity index (χ0) is 11.9. The van der Waals surface area contributed by atoms with Gasteiger partial charge in [-0.25, -0.2) is 0 Å². The zero-order valence-corrected chi connectivity index (χ0v) is 10.7. The number of rotatable bonds is 1. The van der Waals surface area contributed by atoms with Crippen LogP contribution in [0.15, 0.2) is 77.2 Å². The van der Waals surface area contributed by atoms with Crippen molar-refractivity contribution in [2.24, 2.45) is 0 Å². The SMILES string of the molecule is C1=CC2=CC(c3ccc4ccccc4c3)SC2=C1. The first-order chi connectivity index (χ1) is 8.90. The first-order valence-electron chi connectivity index (χ1n) is 6.16. The summed E-state index contributed by atoms with van der Waals surface area (Å²) in [7, 11) is 0. The van der Waals surface area contributed by atoms with Crippen LogP contribution in [-0.4, -0.2) is 0 Å². The summed E-state index contributed by atoms with van der Waals surface area (Å²) in [6, 6.07) is 15.3. The van der Waals surface area contributed by atoms with Crippen LogP contribution in [-0.2, 0) is 0 Å². The summed E-state index contributed by atoms with van der Waals surface area (Å²) in [5.41, 5.74) is 2.79. The van der Waals surface area contributed by atoms with Crippen LogP contribution in [0.3, 0.4) is 0 Å². The van der Waals surface area contributed by atoms with Gasteiger partial charge in [0.25, 0.3) is 0 Å². The van der Waals surface area contributed by atoms with Crippen LogP contribution in [0, 0.1) is 0 Å². The summed E-state index contributed by atoms with van der Waals surface area (Å²) >= 11 is 1.95. The first kappa shape index (κ1) is 10.2. The zero-order valence-electron chi connectivity index (χ0n) is 9.84. The second kappa shape index (κ2) is 3.89. The molecule has 1 atom stereocenters. The van der Waals surface area contributed by atoms with Crippen LogP contribution in [0.5, 0.6) is 0 Å². The predicted molar refractivity (Wildman–Crippen MR) is 79.6 cm³/mol. The number of hydrogen-bond donors (Lipinski definition) is 0. The molecule has 1 aliphatic carbocycles. The van der Waals surface area contributed by atoms with Gasteiger partial charge in [0.1, 0.15) is 0 Å². The molecule has 0 N–H and O–H groups in total. The maximum absolute atomic E-state index is 2.37. The van der Waals surface area contributed by atoms with Crippen molar-refractivity contribution >= 4 is 22.5 Å². The third-order valence-corrected chi connectivity index (χ3v) is 4.78. The predicted octanol–water partition coefficient (Wildman–Crippen LogP) is 5.01. The largest absolute Gasteiger partial charge is 0.113 e. The van der Waals surface area contributed by atoms with Crippen LogP contribution < -0.4 is 0 Å². The van der Waals surface area contributed by atoms with Crippen LogP contribution in [0.4, 0.5) is 0 Å².